The van der Waals surface area contributed by atoms with Crippen LogP contribution in [0.25, 0.3) is 11.2 Å². The monoisotopic (exact) mass is 469 g/mol. The maximum atomic E-state index is 12.2. The summed E-state index contributed by atoms with van der Waals surface area (Å²) in [6, 6.07) is 0.266. The number of carboxylic acids is 1. The molecule has 186 valence electrons. The average Bonchev–Trinajstić information content (AvgIpc) is 3.12. The minimum Gasteiger partial charge on any atom is -0.481 e. The third-order valence-corrected chi connectivity index (χ3v) is 4.80. The number of carbonyl (C=O) groups excluding carboxylic acids is 1. The minimum absolute atomic E-state index is 0.0318. The number of ether oxygens (including phenoxy) is 1. The summed E-state index contributed by atoms with van der Waals surface area (Å²) < 4.78 is 8.63. The van der Waals surface area contributed by atoms with E-state index in [1.807, 2.05) is 20.8 Å². The van der Waals surface area contributed by atoms with Crippen molar-refractivity contribution in [1.82, 2.24) is 18.7 Å². The first-order valence-electron chi connectivity index (χ1n) is 10.7. The third kappa shape index (κ3) is 9.18. The van der Waals surface area contributed by atoms with Crippen molar-refractivity contribution in [2.45, 2.75) is 71.1 Å². The fourth-order valence-corrected chi connectivity index (χ4v) is 2.96. The summed E-state index contributed by atoms with van der Waals surface area (Å²) in [6.07, 6.45) is 3.74. The molecule has 2 heterocycles. The summed E-state index contributed by atoms with van der Waals surface area (Å²) in [4.78, 5) is 49.7. The molecule has 2 rings (SSSR count). The number of carboxylic acid groups (broad SMARTS) is 1. The van der Waals surface area contributed by atoms with Gasteiger partial charge in [-0.3, -0.25) is 23.5 Å². The van der Waals surface area contributed by atoms with Crippen LogP contribution in [0.5, 0.6) is 0 Å². The van der Waals surface area contributed by atoms with E-state index in [9.17, 15) is 24.3 Å². The van der Waals surface area contributed by atoms with Crippen LogP contribution in [-0.2, 0) is 35.0 Å². The first-order valence-corrected chi connectivity index (χ1v) is 10.7. The number of esters is 1. The van der Waals surface area contributed by atoms with Crippen molar-refractivity contribution in [1.29, 1.82) is 0 Å². The molecule has 0 fully saturated rings. The lowest BCUT2D eigenvalue weighted by molar-refractivity contribution is -0.147. The van der Waals surface area contributed by atoms with Gasteiger partial charge in [0.1, 0.15) is 6.61 Å². The second-order valence-corrected chi connectivity index (χ2v) is 8.61. The van der Waals surface area contributed by atoms with Crippen molar-refractivity contribution in [3.63, 3.8) is 0 Å². The molecule has 0 amide bonds. The van der Waals surface area contributed by atoms with Crippen molar-refractivity contribution >= 4 is 23.1 Å². The standard InChI is InChI=1S/C13H16N4O6.C8H19NO/c1-15-11-10(12(21)16(2)13(15)22)17(7-14-11)5-6-23-9(20)4-3-8(18)19;1-7(9)5-4-6-8(2,3)10/h7H,3-6H2,1-2H3,(H,18,19);7,10H,4-6,9H2,1-3H3. The fourth-order valence-electron chi connectivity index (χ4n) is 2.96. The number of rotatable bonds is 10. The highest BCUT2D eigenvalue weighted by Gasteiger charge is 2.15. The van der Waals surface area contributed by atoms with Crippen LogP contribution >= 0.6 is 0 Å². The number of aliphatic carboxylic acids is 1. The quantitative estimate of drug-likeness (QED) is 0.408. The normalized spacial score (nSPS) is 12.2. The van der Waals surface area contributed by atoms with Crippen LogP contribution in [0.1, 0.15) is 52.9 Å². The Morgan fingerprint density at radius 2 is 1.85 bits per heavy atom. The molecule has 33 heavy (non-hydrogen) atoms. The lowest BCUT2D eigenvalue weighted by Gasteiger charge is -2.16. The molecule has 0 saturated carbocycles. The average molecular weight is 470 g/mol. The zero-order valence-corrected chi connectivity index (χ0v) is 19.9. The highest BCUT2D eigenvalue weighted by molar-refractivity contribution is 5.76. The van der Waals surface area contributed by atoms with Gasteiger partial charge in [-0.2, -0.15) is 0 Å². The molecule has 4 N–H and O–H groups in total. The molecule has 12 nitrogen and oxygen atoms in total. The lowest BCUT2D eigenvalue weighted by Crippen LogP contribution is -2.37. The van der Waals surface area contributed by atoms with Crippen molar-refractivity contribution in [3.05, 3.63) is 27.2 Å². The Morgan fingerprint density at radius 3 is 2.39 bits per heavy atom. The van der Waals surface area contributed by atoms with E-state index in [-0.39, 0.29) is 43.2 Å². The third-order valence-electron chi connectivity index (χ3n) is 4.80. The molecule has 0 bridgehead atoms. The van der Waals surface area contributed by atoms with Gasteiger partial charge < -0.3 is 25.3 Å². The smallest absolute Gasteiger partial charge is 0.332 e. The molecular weight excluding hydrogens is 434 g/mol. The Hall–Kier alpha value is -2.99. The Bertz CT molecular complexity index is 1060. The van der Waals surface area contributed by atoms with E-state index in [0.717, 1.165) is 23.8 Å². The van der Waals surface area contributed by atoms with Crippen LogP contribution in [0.4, 0.5) is 0 Å². The molecule has 0 radical (unpaired) electrons. The zero-order chi connectivity index (χ0) is 25.3. The van der Waals surface area contributed by atoms with Crippen LogP contribution in [0.2, 0.25) is 0 Å². The van der Waals surface area contributed by atoms with Gasteiger partial charge in [0.2, 0.25) is 0 Å². The van der Waals surface area contributed by atoms with Gasteiger partial charge in [-0.15, -0.1) is 0 Å². The number of imidazole rings is 1. The number of aryl methyl sites for hydroxylation is 1. The topological polar surface area (TPSA) is 172 Å². The van der Waals surface area contributed by atoms with E-state index >= 15 is 0 Å². The van der Waals surface area contributed by atoms with Gasteiger partial charge in [-0.05, 0) is 40.0 Å². The van der Waals surface area contributed by atoms with Crippen LogP contribution in [0.15, 0.2) is 15.9 Å². The summed E-state index contributed by atoms with van der Waals surface area (Å²) in [7, 11) is 2.88. The molecule has 0 aliphatic carbocycles. The van der Waals surface area contributed by atoms with E-state index in [2.05, 4.69) is 4.98 Å². The van der Waals surface area contributed by atoms with Gasteiger partial charge in [-0.25, -0.2) is 9.78 Å². The van der Waals surface area contributed by atoms with E-state index in [0.29, 0.717) is 0 Å². The number of fused-ring (bicyclic) bond motifs is 1. The number of nitrogens with zero attached hydrogens (tertiary/aromatic N) is 4. The SMILES string of the molecule is CC(N)CCCC(C)(C)O.Cn1c(=O)c2c(ncn2CCOC(=O)CCC(=O)O)n(C)c1=O. The van der Waals surface area contributed by atoms with E-state index < -0.39 is 28.8 Å². The number of hydrogen-bond donors (Lipinski definition) is 3. The second kappa shape index (κ2) is 12.3. The maximum absolute atomic E-state index is 12.2. The molecule has 0 spiro atoms. The lowest BCUT2D eigenvalue weighted by atomic mass is 10.0. The number of nitrogens with two attached hydrogens (primary N) is 1. The van der Waals surface area contributed by atoms with Crippen LogP contribution < -0.4 is 17.0 Å². The Kier molecular flexibility index (Phi) is 10.5. The van der Waals surface area contributed by atoms with E-state index in [1.54, 1.807) is 0 Å². The first kappa shape index (κ1) is 28.0. The predicted octanol–water partition coefficient (Wildman–Crippen LogP) is 0.117. The molecule has 0 saturated heterocycles. The highest BCUT2D eigenvalue weighted by Crippen LogP contribution is 2.12. The Balaban J connectivity index is 0.000000461. The Morgan fingerprint density at radius 1 is 1.21 bits per heavy atom. The van der Waals surface area contributed by atoms with E-state index in [4.69, 9.17) is 15.6 Å². The Labute approximate surface area is 191 Å². The van der Waals surface area contributed by atoms with Gasteiger partial charge >= 0.3 is 17.6 Å². The summed E-state index contributed by atoms with van der Waals surface area (Å²) in [5.74, 6) is -1.70. The van der Waals surface area contributed by atoms with Crippen LogP contribution in [0.3, 0.4) is 0 Å². The van der Waals surface area contributed by atoms with Gasteiger partial charge in [0.25, 0.3) is 5.56 Å². The fraction of sp³-hybridized carbons (Fsp3) is 0.667. The summed E-state index contributed by atoms with van der Waals surface area (Å²) >= 11 is 0. The van der Waals surface area contributed by atoms with Crippen LogP contribution in [0, 0.1) is 0 Å². The molecule has 1 unspecified atom stereocenters. The largest absolute Gasteiger partial charge is 0.481 e. The molecule has 2 aromatic rings. The number of aromatic nitrogens is 4. The second-order valence-electron chi connectivity index (χ2n) is 8.61. The molecular formula is C21H35N5O7. The summed E-state index contributed by atoms with van der Waals surface area (Å²) in [5.41, 5.74) is 4.53. The maximum Gasteiger partial charge on any atom is 0.332 e. The molecule has 1 atom stereocenters. The molecule has 0 aliphatic rings. The molecule has 0 aromatic carbocycles. The predicted molar refractivity (Wildman–Crippen MR) is 122 cm³/mol. The first-order chi connectivity index (χ1) is 15.2. The van der Waals surface area contributed by atoms with Gasteiger partial charge in [-0.1, -0.05) is 0 Å². The summed E-state index contributed by atoms with van der Waals surface area (Å²) in [6.45, 7) is 5.78. The highest BCUT2D eigenvalue weighted by atomic mass is 16.5. The molecule has 2 aromatic heterocycles. The number of carbonyl (C=O) groups is 2. The van der Waals surface area contributed by atoms with E-state index in [1.165, 1.54) is 29.6 Å². The summed E-state index contributed by atoms with van der Waals surface area (Å²) in [5, 5.41) is 17.8. The van der Waals surface area contributed by atoms with Gasteiger partial charge in [0.15, 0.2) is 11.2 Å². The van der Waals surface area contributed by atoms with Gasteiger partial charge in [0, 0.05) is 20.1 Å². The molecule has 12 heteroatoms. The zero-order valence-electron chi connectivity index (χ0n) is 19.9. The van der Waals surface area contributed by atoms with Crippen molar-refractivity contribution in [2.75, 3.05) is 6.61 Å². The molecule has 0 aliphatic heterocycles. The number of aliphatic hydroxyl groups is 1. The van der Waals surface area contributed by atoms with Crippen molar-refractivity contribution in [2.24, 2.45) is 19.8 Å². The van der Waals surface area contributed by atoms with Crippen LogP contribution in [-0.4, -0.2) is 59.1 Å². The van der Waals surface area contributed by atoms with Crippen molar-refractivity contribution in [3.8, 4) is 0 Å². The van der Waals surface area contributed by atoms with Crippen molar-refractivity contribution < 1.29 is 24.5 Å². The minimum atomic E-state index is -1.08. The van der Waals surface area contributed by atoms with Gasteiger partial charge in [0.05, 0.1) is 31.3 Å². The number of hydrogen-bond acceptors (Lipinski definition) is 8.